The second kappa shape index (κ2) is 23.4. The minimum Gasteiger partial charge on any atom is -0.400 e. The molecule has 1 amide bonds. The quantitative estimate of drug-likeness (QED) is 0.0741. The Morgan fingerprint density at radius 3 is 2.13 bits per heavy atom. The molecule has 3 N–H and O–H groups in total. The van der Waals surface area contributed by atoms with E-state index >= 15 is 0 Å². The van der Waals surface area contributed by atoms with E-state index in [1.807, 2.05) is 37.8 Å². The van der Waals surface area contributed by atoms with Gasteiger partial charge in [0.2, 0.25) is 5.91 Å². The molecule has 1 spiro atoms. The van der Waals surface area contributed by atoms with Crippen LogP contribution in [0.2, 0.25) is 0 Å². The number of aliphatic hydroxyl groups excluding tert-OH is 1. The number of carbonyl (C=O) groups excluding carboxylic acids is 2. The van der Waals surface area contributed by atoms with Gasteiger partial charge in [-0.1, -0.05) is 79.5 Å². The number of carbonyl (C=O) groups is 2. The van der Waals surface area contributed by atoms with Gasteiger partial charge in [0.25, 0.3) is 0 Å². The van der Waals surface area contributed by atoms with E-state index < -0.39 is 0 Å². The topological polar surface area (TPSA) is 134 Å². The normalized spacial score (nSPS) is 21.5. The van der Waals surface area contributed by atoms with Crippen molar-refractivity contribution in [3.05, 3.63) is 35.2 Å². The van der Waals surface area contributed by atoms with Gasteiger partial charge in [-0.15, -0.1) is 5.11 Å². The highest BCUT2D eigenvalue weighted by Gasteiger charge is 2.48. The highest BCUT2D eigenvalue weighted by atomic mass is 16.2. The largest absolute Gasteiger partial charge is 0.400 e. The lowest BCUT2D eigenvalue weighted by molar-refractivity contribution is -0.136. The number of likely N-dealkylation sites (tertiary alicyclic amines) is 1. The van der Waals surface area contributed by atoms with Crippen LogP contribution in [0.4, 0.5) is 5.82 Å². The molecule has 1 aliphatic heterocycles. The first-order valence-electron chi connectivity index (χ1n) is 17.2. The number of hydrogen-bond acceptors (Lipinski definition) is 6. The third kappa shape index (κ3) is 13.5. The number of allylic oxidation sites excluding steroid dienone is 2. The second-order valence-corrected chi connectivity index (χ2v) is 12.2. The Labute approximate surface area is 274 Å². The highest BCUT2D eigenvalue weighted by molar-refractivity contribution is 5.98. The minimum atomic E-state index is -0.118. The molecule has 9 nitrogen and oxygen atoms in total. The SMILES string of the molecule is CC.CC/C(=C(/C)C(=O)C1CCC1)N1CCC2(CCC(C)CC2)C1=O.CCC(C)C.CCc1ccc(N=CN=NN)nc1.CO. The molecule has 0 atom stereocenters. The van der Waals surface area contributed by atoms with Crippen molar-refractivity contribution in [1.82, 2.24) is 9.88 Å². The summed E-state index contributed by atoms with van der Waals surface area (Å²) in [4.78, 5) is 35.7. The zero-order chi connectivity index (χ0) is 34.4. The molecule has 0 bridgehead atoms. The number of nitrogens with two attached hydrogens (primary N) is 1. The molecule has 0 radical (unpaired) electrons. The molecular weight excluding hydrogens is 564 g/mol. The van der Waals surface area contributed by atoms with Crippen LogP contribution in [-0.4, -0.2) is 46.7 Å². The Morgan fingerprint density at radius 2 is 1.71 bits per heavy atom. The lowest BCUT2D eigenvalue weighted by Gasteiger charge is -2.35. The Bertz CT molecular complexity index is 1050. The smallest absolute Gasteiger partial charge is 0.233 e. The van der Waals surface area contributed by atoms with Gasteiger partial charge >= 0.3 is 0 Å². The number of rotatable bonds is 8. The van der Waals surface area contributed by atoms with Gasteiger partial charge in [0.1, 0.15) is 6.34 Å². The number of nitrogens with zero attached hydrogens (tertiary/aromatic N) is 5. The van der Waals surface area contributed by atoms with Gasteiger partial charge in [-0.3, -0.25) is 9.59 Å². The summed E-state index contributed by atoms with van der Waals surface area (Å²) in [5.41, 5.74) is 2.92. The zero-order valence-electron chi connectivity index (χ0n) is 30.1. The molecule has 2 aliphatic carbocycles. The number of hydrogen-bond donors (Lipinski definition) is 2. The first-order chi connectivity index (χ1) is 21.6. The Kier molecular flexibility index (Phi) is 21.9. The third-order valence-corrected chi connectivity index (χ3v) is 9.03. The van der Waals surface area contributed by atoms with Crippen LogP contribution in [0.15, 0.2) is 44.9 Å². The second-order valence-electron chi connectivity index (χ2n) is 12.2. The number of aromatic nitrogens is 1. The van der Waals surface area contributed by atoms with Crippen molar-refractivity contribution in [3.63, 3.8) is 0 Å². The number of Topliss-reactive ketones (excluding diaryl/α,β-unsaturated/α-hetero) is 1. The molecule has 2 heterocycles. The van der Waals surface area contributed by atoms with Gasteiger partial charge in [-0.25, -0.2) is 9.98 Å². The summed E-state index contributed by atoms with van der Waals surface area (Å²) in [6.45, 7) is 19.8. The summed E-state index contributed by atoms with van der Waals surface area (Å²) < 4.78 is 0. The lowest BCUT2D eigenvalue weighted by atomic mass is 9.70. The number of amides is 1. The maximum atomic E-state index is 13.2. The Morgan fingerprint density at radius 1 is 1.11 bits per heavy atom. The summed E-state index contributed by atoms with van der Waals surface area (Å²) in [6, 6.07) is 3.79. The number of aryl methyl sites for hydroxylation is 1. The maximum Gasteiger partial charge on any atom is 0.233 e. The van der Waals surface area contributed by atoms with Crippen molar-refractivity contribution in [2.45, 2.75) is 133 Å². The van der Waals surface area contributed by atoms with Crippen molar-refractivity contribution < 1.29 is 14.7 Å². The third-order valence-electron chi connectivity index (χ3n) is 9.03. The lowest BCUT2D eigenvalue weighted by Crippen LogP contribution is -2.37. The molecule has 256 valence electrons. The van der Waals surface area contributed by atoms with E-state index in [9.17, 15) is 9.59 Å². The summed E-state index contributed by atoms with van der Waals surface area (Å²) in [5, 5.41) is 13.4. The monoisotopic (exact) mass is 629 g/mol. The first kappa shape index (κ1) is 42.1. The standard InChI is InChI=1S/C20H31NO2.C8H11N5.C5H12.C2H6.CH4O/c1-4-17(15(3)18(22)16-6-5-7-16)21-13-12-20(19(21)23)10-8-14(2)9-11-20;1-2-7-3-4-8(10-5-7)11-6-12-13-9;1-4-5(2)3;2*1-2/h14,16H,4-13H2,1-3H3;3-6H,2H2,1H3,(H2,9,10,11,12);5H,4H2,1-3H3;1-2H3;2H,1H3/b17-15+;;;;. The van der Waals surface area contributed by atoms with Crippen LogP contribution in [-0.2, 0) is 16.0 Å². The van der Waals surface area contributed by atoms with Gasteiger partial charge in [-0.05, 0) is 88.2 Å². The summed E-state index contributed by atoms with van der Waals surface area (Å²) in [7, 11) is 1.00. The number of aliphatic imine (C=N–C) groups is 1. The fourth-order valence-electron chi connectivity index (χ4n) is 5.45. The number of aliphatic hydroxyl groups is 1. The van der Waals surface area contributed by atoms with Crippen molar-refractivity contribution in [2.24, 2.45) is 44.3 Å². The highest BCUT2D eigenvalue weighted by Crippen LogP contribution is 2.47. The Balaban J connectivity index is 0.000000743. The minimum absolute atomic E-state index is 0.118. The van der Waals surface area contributed by atoms with Crippen molar-refractivity contribution in [3.8, 4) is 0 Å². The molecule has 1 aromatic heterocycles. The number of pyridine rings is 1. The summed E-state index contributed by atoms with van der Waals surface area (Å²) in [5.74, 6) is 7.85. The molecule has 3 aliphatic rings. The predicted molar refractivity (Wildman–Crippen MR) is 187 cm³/mol. The van der Waals surface area contributed by atoms with Crippen LogP contribution >= 0.6 is 0 Å². The molecule has 3 fully saturated rings. The molecule has 1 saturated heterocycles. The predicted octanol–water partition coefficient (Wildman–Crippen LogP) is 8.79. The van der Waals surface area contributed by atoms with Crippen LogP contribution in [0, 0.1) is 23.2 Å². The van der Waals surface area contributed by atoms with Crippen LogP contribution in [0.25, 0.3) is 0 Å². The van der Waals surface area contributed by atoms with E-state index in [0.29, 0.717) is 17.5 Å². The van der Waals surface area contributed by atoms with Gasteiger partial charge in [-0.2, -0.15) is 0 Å². The van der Waals surface area contributed by atoms with Crippen molar-refractivity contribution >= 4 is 23.8 Å². The van der Waals surface area contributed by atoms with Gasteiger partial charge in [0, 0.05) is 37.0 Å². The van der Waals surface area contributed by atoms with Crippen LogP contribution in [0.3, 0.4) is 0 Å². The fourth-order valence-corrected chi connectivity index (χ4v) is 5.45. The van der Waals surface area contributed by atoms with Crippen LogP contribution < -0.4 is 5.84 Å². The average Bonchev–Trinajstić information content (AvgIpc) is 3.35. The van der Waals surface area contributed by atoms with Gasteiger partial charge < -0.3 is 15.8 Å². The van der Waals surface area contributed by atoms with E-state index in [1.165, 1.54) is 37.6 Å². The van der Waals surface area contributed by atoms with Crippen LogP contribution in [0.5, 0.6) is 0 Å². The van der Waals surface area contributed by atoms with Gasteiger partial charge in [0.15, 0.2) is 11.6 Å². The molecule has 0 aromatic carbocycles. The summed E-state index contributed by atoms with van der Waals surface area (Å²) >= 11 is 0. The van der Waals surface area contributed by atoms with Crippen molar-refractivity contribution in [2.75, 3.05) is 13.7 Å². The van der Waals surface area contributed by atoms with E-state index in [2.05, 4.69) is 61.9 Å². The van der Waals surface area contributed by atoms with Gasteiger partial charge in [0.05, 0.1) is 5.41 Å². The van der Waals surface area contributed by atoms with Crippen LogP contribution in [0.1, 0.15) is 132 Å². The van der Waals surface area contributed by atoms with E-state index in [-0.39, 0.29) is 11.3 Å². The molecular formula is C36H64N6O3. The maximum absolute atomic E-state index is 13.2. The van der Waals surface area contributed by atoms with E-state index in [4.69, 9.17) is 10.9 Å². The molecule has 2 saturated carbocycles. The molecule has 1 aromatic rings. The first-order valence-corrected chi connectivity index (χ1v) is 17.2. The molecule has 45 heavy (non-hydrogen) atoms. The summed E-state index contributed by atoms with van der Waals surface area (Å²) in [6.07, 6.45) is 14.7. The molecule has 9 heteroatoms. The van der Waals surface area contributed by atoms with E-state index in [1.54, 1.807) is 6.20 Å². The average molecular weight is 629 g/mol. The molecule has 0 unspecified atom stereocenters. The molecule has 4 rings (SSSR count). The van der Waals surface area contributed by atoms with Crippen molar-refractivity contribution in [1.29, 1.82) is 0 Å². The number of ketones is 1. The zero-order valence-corrected chi connectivity index (χ0v) is 30.1. The van der Waals surface area contributed by atoms with E-state index in [0.717, 1.165) is 81.7 Å². The Hall–Kier alpha value is -2.94. The fraction of sp³-hybridized carbons (Fsp3) is 0.722.